The molecule has 0 spiro atoms. The van der Waals surface area contributed by atoms with Gasteiger partial charge in [-0.2, -0.15) is 0 Å². The summed E-state index contributed by atoms with van der Waals surface area (Å²) in [5.74, 6) is -1.10. The molecule has 0 heterocycles. The van der Waals surface area contributed by atoms with E-state index < -0.39 is 11.6 Å². The first-order valence-corrected chi connectivity index (χ1v) is 5.32. The van der Waals surface area contributed by atoms with Gasteiger partial charge < -0.3 is 5.73 Å². The maximum absolute atomic E-state index is 14.0. The van der Waals surface area contributed by atoms with Crippen LogP contribution in [0.25, 0.3) is 11.1 Å². The summed E-state index contributed by atoms with van der Waals surface area (Å²) in [7, 11) is 0. The van der Waals surface area contributed by atoms with Gasteiger partial charge in [-0.15, -0.1) is 0 Å². The summed E-state index contributed by atoms with van der Waals surface area (Å²) < 4.78 is 27.7. The molecule has 88 valence electrons. The molecule has 0 fully saturated rings. The normalized spacial score (nSPS) is 10.6. The Morgan fingerprint density at radius 3 is 2.41 bits per heavy atom. The van der Waals surface area contributed by atoms with Gasteiger partial charge in [0.1, 0.15) is 11.6 Å². The summed E-state index contributed by atoms with van der Waals surface area (Å²) in [6, 6.07) is 7.78. The Labute approximate surface area is 98.9 Å². The monoisotopic (exact) mass is 233 g/mol. The lowest BCUT2D eigenvalue weighted by atomic mass is 9.97. The lowest BCUT2D eigenvalue weighted by Crippen LogP contribution is -1.97. The van der Waals surface area contributed by atoms with E-state index in [4.69, 9.17) is 5.73 Å². The predicted octanol–water partition coefficient (Wildman–Crippen LogP) is 3.83. The zero-order chi connectivity index (χ0) is 12.6. The fraction of sp³-hybridized carbons (Fsp3) is 0.143. The molecule has 0 aliphatic heterocycles. The summed E-state index contributed by atoms with van der Waals surface area (Å²) in [5, 5.41) is 0. The van der Waals surface area contributed by atoms with Crippen molar-refractivity contribution in [1.29, 1.82) is 0 Å². The third kappa shape index (κ3) is 1.88. The lowest BCUT2D eigenvalue weighted by molar-refractivity contribution is 0.583. The van der Waals surface area contributed by atoms with Crippen LogP contribution in [0.4, 0.5) is 14.5 Å². The van der Waals surface area contributed by atoms with Crippen LogP contribution in [0.3, 0.4) is 0 Å². The van der Waals surface area contributed by atoms with E-state index >= 15 is 0 Å². The zero-order valence-electron chi connectivity index (χ0n) is 9.72. The van der Waals surface area contributed by atoms with Gasteiger partial charge in [-0.05, 0) is 42.7 Å². The third-order valence-corrected chi connectivity index (χ3v) is 2.93. The van der Waals surface area contributed by atoms with Gasteiger partial charge in [0, 0.05) is 5.69 Å². The van der Waals surface area contributed by atoms with Crippen LogP contribution < -0.4 is 5.73 Å². The number of hydrogen-bond acceptors (Lipinski definition) is 1. The number of benzene rings is 2. The van der Waals surface area contributed by atoms with Gasteiger partial charge in [-0.1, -0.05) is 18.2 Å². The highest BCUT2D eigenvalue weighted by molar-refractivity contribution is 5.74. The van der Waals surface area contributed by atoms with Crippen LogP contribution >= 0.6 is 0 Å². The summed E-state index contributed by atoms with van der Waals surface area (Å²) in [4.78, 5) is 0. The number of aryl methyl sites for hydroxylation is 1. The van der Waals surface area contributed by atoms with E-state index in [0.717, 1.165) is 0 Å². The smallest absolute Gasteiger partial charge is 0.136 e. The first-order chi connectivity index (χ1) is 8.02. The molecule has 0 aromatic heterocycles. The first-order valence-electron chi connectivity index (χ1n) is 5.32. The Hall–Kier alpha value is -1.90. The number of halogens is 2. The molecule has 0 unspecified atom stereocenters. The molecule has 0 saturated heterocycles. The van der Waals surface area contributed by atoms with Crippen molar-refractivity contribution in [2.75, 3.05) is 5.73 Å². The van der Waals surface area contributed by atoms with Crippen LogP contribution in [0, 0.1) is 25.5 Å². The Bertz CT molecular complexity index is 577. The van der Waals surface area contributed by atoms with E-state index in [1.165, 1.54) is 12.1 Å². The molecule has 2 aromatic rings. The molecule has 0 aliphatic carbocycles. The van der Waals surface area contributed by atoms with Gasteiger partial charge >= 0.3 is 0 Å². The molecule has 0 saturated carbocycles. The van der Waals surface area contributed by atoms with Crippen molar-refractivity contribution in [1.82, 2.24) is 0 Å². The summed E-state index contributed by atoms with van der Waals surface area (Å²) in [6.07, 6.45) is 0. The number of rotatable bonds is 1. The van der Waals surface area contributed by atoms with Crippen LogP contribution in [0.5, 0.6) is 0 Å². The van der Waals surface area contributed by atoms with Crippen molar-refractivity contribution < 1.29 is 8.78 Å². The second-order valence-electron chi connectivity index (χ2n) is 4.07. The van der Waals surface area contributed by atoms with Crippen LogP contribution in [0.2, 0.25) is 0 Å². The summed E-state index contributed by atoms with van der Waals surface area (Å²) in [6.45, 7) is 3.37. The highest BCUT2D eigenvalue weighted by Crippen LogP contribution is 2.32. The van der Waals surface area contributed by atoms with E-state index in [-0.39, 0.29) is 5.56 Å². The molecule has 0 atom stereocenters. The Kier molecular flexibility index (Phi) is 2.84. The molecule has 0 radical (unpaired) electrons. The van der Waals surface area contributed by atoms with E-state index in [9.17, 15) is 8.78 Å². The minimum atomic E-state index is -0.568. The number of nitrogens with two attached hydrogens (primary N) is 1. The highest BCUT2D eigenvalue weighted by atomic mass is 19.1. The maximum Gasteiger partial charge on any atom is 0.136 e. The van der Waals surface area contributed by atoms with Gasteiger partial charge in [0.25, 0.3) is 0 Å². The average Bonchev–Trinajstić information content (AvgIpc) is 2.30. The van der Waals surface area contributed by atoms with E-state index in [1.54, 1.807) is 32.0 Å². The van der Waals surface area contributed by atoms with Crippen LogP contribution in [-0.4, -0.2) is 0 Å². The standard InChI is InChI=1S/C14H13F2N/c1-8-6-7-11(15)13(14(8)16)10-4-3-5-12(17)9(10)2/h3-7H,17H2,1-2H3. The third-order valence-electron chi connectivity index (χ3n) is 2.93. The molecule has 2 N–H and O–H groups in total. The van der Waals surface area contributed by atoms with Crippen molar-refractivity contribution in [2.45, 2.75) is 13.8 Å². The molecule has 0 amide bonds. The first kappa shape index (κ1) is 11.6. The van der Waals surface area contributed by atoms with Crippen molar-refractivity contribution >= 4 is 5.69 Å². The molecule has 0 bridgehead atoms. The summed E-state index contributed by atoms with van der Waals surface area (Å²) in [5.41, 5.74) is 7.89. The largest absolute Gasteiger partial charge is 0.398 e. The lowest BCUT2D eigenvalue weighted by Gasteiger charge is -2.11. The Morgan fingerprint density at radius 1 is 1.00 bits per heavy atom. The van der Waals surface area contributed by atoms with Gasteiger partial charge in [0.15, 0.2) is 0 Å². The number of hydrogen-bond donors (Lipinski definition) is 1. The minimum absolute atomic E-state index is 0.00481. The molecular formula is C14H13F2N. The maximum atomic E-state index is 14.0. The zero-order valence-corrected chi connectivity index (χ0v) is 9.72. The highest BCUT2D eigenvalue weighted by Gasteiger charge is 2.15. The predicted molar refractivity (Wildman–Crippen MR) is 65.7 cm³/mol. The van der Waals surface area contributed by atoms with Crippen LogP contribution in [0.1, 0.15) is 11.1 Å². The average molecular weight is 233 g/mol. The fourth-order valence-electron chi connectivity index (χ4n) is 1.83. The topological polar surface area (TPSA) is 26.0 Å². The SMILES string of the molecule is Cc1ccc(F)c(-c2cccc(N)c2C)c1F. The number of nitrogen functional groups attached to an aromatic ring is 1. The van der Waals surface area contributed by atoms with Crippen molar-refractivity contribution in [2.24, 2.45) is 0 Å². The van der Waals surface area contributed by atoms with Gasteiger partial charge in [-0.3, -0.25) is 0 Å². The van der Waals surface area contributed by atoms with Gasteiger partial charge in [-0.25, -0.2) is 8.78 Å². The van der Waals surface area contributed by atoms with Crippen LogP contribution in [0.15, 0.2) is 30.3 Å². The molecule has 3 heteroatoms. The molecule has 2 aromatic carbocycles. The van der Waals surface area contributed by atoms with E-state index in [1.807, 2.05) is 0 Å². The second-order valence-corrected chi connectivity index (χ2v) is 4.07. The van der Waals surface area contributed by atoms with Crippen molar-refractivity contribution in [3.63, 3.8) is 0 Å². The fourth-order valence-corrected chi connectivity index (χ4v) is 1.83. The van der Waals surface area contributed by atoms with Crippen molar-refractivity contribution in [3.05, 3.63) is 53.1 Å². The summed E-state index contributed by atoms with van der Waals surface area (Å²) >= 11 is 0. The molecular weight excluding hydrogens is 220 g/mol. The second kappa shape index (κ2) is 4.17. The number of anilines is 1. The van der Waals surface area contributed by atoms with Gasteiger partial charge in [0.2, 0.25) is 0 Å². The van der Waals surface area contributed by atoms with Crippen LogP contribution in [-0.2, 0) is 0 Å². The van der Waals surface area contributed by atoms with Crippen molar-refractivity contribution in [3.8, 4) is 11.1 Å². The molecule has 17 heavy (non-hydrogen) atoms. The Balaban J connectivity index is 2.77. The molecule has 2 rings (SSSR count). The Morgan fingerprint density at radius 2 is 1.71 bits per heavy atom. The van der Waals surface area contributed by atoms with E-state index in [2.05, 4.69) is 0 Å². The molecule has 0 aliphatic rings. The van der Waals surface area contributed by atoms with E-state index in [0.29, 0.717) is 22.4 Å². The minimum Gasteiger partial charge on any atom is -0.398 e. The quantitative estimate of drug-likeness (QED) is 0.744. The molecule has 1 nitrogen and oxygen atoms in total. The van der Waals surface area contributed by atoms with Gasteiger partial charge in [0.05, 0.1) is 5.56 Å².